The predicted molar refractivity (Wildman–Crippen MR) is 52.1 cm³/mol. The predicted octanol–water partition coefficient (Wildman–Crippen LogP) is 0.686. The van der Waals surface area contributed by atoms with Crippen molar-refractivity contribution >= 4 is 5.95 Å². The summed E-state index contributed by atoms with van der Waals surface area (Å²) in [7, 11) is 3.30. The van der Waals surface area contributed by atoms with Gasteiger partial charge in [-0.15, -0.1) is 0 Å². The highest BCUT2D eigenvalue weighted by Gasteiger charge is 2.25. The Morgan fingerprint density at radius 2 is 2.36 bits per heavy atom. The van der Waals surface area contributed by atoms with Gasteiger partial charge in [-0.2, -0.15) is 0 Å². The van der Waals surface area contributed by atoms with Crippen LogP contribution in [-0.4, -0.2) is 36.1 Å². The molecular formula is C9H15N3O2. The van der Waals surface area contributed by atoms with Crippen LogP contribution in [0.5, 0.6) is 0 Å². The molecule has 0 radical (unpaired) electrons. The van der Waals surface area contributed by atoms with Crippen LogP contribution in [0.3, 0.4) is 0 Å². The van der Waals surface area contributed by atoms with Crippen molar-refractivity contribution < 1.29 is 9.47 Å². The summed E-state index contributed by atoms with van der Waals surface area (Å²) in [5, 5.41) is 3.28. The van der Waals surface area contributed by atoms with Gasteiger partial charge in [0.1, 0.15) is 0 Å². The van der Waals surface area contributed by atoms with Gasteiger partial charge >= 0.3 is 0 Å². The molecule has 1 aromatic heterocycles. The summed E-state index contributed by atoms with van der Waals surface area (Å²) >= 11 is 0. The van der Waals surface area contributed by atoms with E-state index in [4.69, 9.17) is 9.47 Å². The monoisotopic (exact) mass is 197 g/mol. The first kappa shape index (κ1) is 9.48. The van der Waals surface area contributed by atoms with Crippen molar-refractivity contribution in [2.45, 2.75) is 25.3 Å². The molecule has 0 aromatic carbocycles. The molecule has 1 aromatic rings. The number of nitrogens with one attached hydrogen (secondary N) is 1. The molecule has 78 valence electrons. The molecular weight excluding hydrogens is 182 g/mol. The average Bonchev–Trinajstić information content (AvgIpc) is 2.66. The van der Waals surface area contributed by atoms with E-state index < -0.39 is 0 Å². The Kier molecular flexibility index (Phi) is 2.69. The molecule has 1 aliphatic heterocycles. The quantitative estimate of drug-likeness (QED) is 0.724. The molecule has 0 bridgehead atoms. The van der Waals surface area contributed by atoms with Crippen molar-refractivity contribution in [3.8, 4) is 0 Å². The molecule has 5 heteroatoms. The Bertz CT molecular complexity index is 296. The highest BCUT2D eigenvalue weighted by molar-refractivity contribution is 5.30. The molecule has 0 aliphatic carbocycles. The number of fused-ring (bicyclic) bond motifs is 1. The number of imidazole rings is 1. The Morgan fingerprint density at radius 3 is 3.07 bits per heavy atom. The molecule has 1 N–H and O–H groups in total. The molecule has 14 heavy (non-hydrogen) atoms. The van der Waals surface area contributed by atoms with Gasteiger partial charge in [0.2, 0.25) is 5.95 Å². The normalized spacial score (nSPS) is 20.6. The number of aromatic nitrogens is 2. The fraction of sp³-hybridized carbons (Fsp3) is 0.667. The number of ether oxygens (including phenoxy) is 2. The van der Waals surface area contributed by atoms with E-state index in [9.17, 15) is 0 Å². The molecule has 1 unspecified atom stereocenters. The van der Waals surface area contributed by atoms with E-state index in [0.717, 1.165) is 18.9 Å². The first-order valence-electron chi connectivity index (χ1n) is 4.68. The number of nitrogens with zero attached hydrogens (tertiary/aromatic N) is 2. The Balaban J connectivity index is 2.06. The van der Waals surface area contributed by atoms with Crippen LogP contribution in [0.2, 0.25) is 0 Å². The Labute approximate surface area is 83.0 Å². The minimum atomic E-state index is -0.208. The third kappa shape index (κ3) is 1.60. The summed E-state index contributed by atoms with van der Waals surface area (Å²) in [5.41, 5.74) is 0. The average molecular weight is 197 g/mol. The zero-order chi connectivity index (χ0) is 9.97. The first-order chi connectivity index (χ1) is 6.85. The molecule has 2 rings (SSSR count). The van der Waals surface area contributed by atoms with Gasteiger partial charge in [0.05, 0.1) is 6.04 Å². The lowest BCUT2D eigenvalue weighted by Crippen LogP contribution is -2.40. The highest BCUT2D eigenvalue weighted by atomic mass is 16.7. The van der Waals surface area contributed by atoms with Gasteiger partial charge < -0.3 is 19.4 Å². The second-order valence-electron chi connectivity index (χ2n) is 3.32. The summed E-state index contributed by atoms with van der Waals surface area (Å²) in [6.45, 7) is 0.955. The van der Waals surface area contributed by atoms with Crippen molar-refractivity contribution in [3.05, 3.63) is 12.4 Å². The van der Waals surface area contributed by atoms with E-state index in [1.807, 2.05) is 6.20 Å². The largest absolute Gasteiger partial charge is 0.354 e. The van der Waals surface area contributed by atoms with Crippen molar-refractivity contribution in [2.24, 2.45) is 0 Å². The highest BCUT2D eigenvalue weighted by Crippen LogP contribution is 2.19. The summed E-state index contributed by atoms with van der Waals surface area (Å²) in [5.74, 6) is 0.889. The summed E-state index contributed by atoms with van der Waals surface area (Å²) < 4.78 is 12.5. The lowest BCUT2D eigenvalue weighted by molar-refractivity contribution is -0.114. The van der Waals surface area contributed by atoms with Crippen LogP contribution in [0.15, 0.2) is 12.4 Å². The van der Waals surface area contributed by atoms with Gasteiger partial charge in [0.25, 0.3) is 0 Å². The van der Waals surface area contributed by atoms with E-state index in [0.29, 0.717) is 0 Å². The Hall–Kier alpha value is -1.07. The van der Waals surface area contributed by atoms with Gasteiger partial charge in [-0.3, -0.25) is 0 Å². The lowest BCUT2D eigenvalue weighted by Gasteiger charge is -2.30. The minimum Gasteiger partial charge on any atom is -0.354 e. The van der Waals surface area contributed by atoms with E-state index in [-0.39, 0.29) is 12.3 Å². The molecule has 0 spiro atoms. The minimum absolute atomic E-state index is 0.180. The zero-order valence-electron chi connectivity index (χ0n) is 8.43. The standard InChI is InChI=1S/C9H15N3O2/c1-13-8(14-2)7-3-5-12-6-4-10-9(12)11-7/h4,6-8H,3,5H2,1-2H3,(H,10,11). The van der Waals surface area contributed by atoms with E-state index in [1.165, 1.54) is 0 Å². The van der Waals surface area contributed by atoms with Gasteiger partial charge in [-0.05, 0) is 6.42 Å². The third-order valence-corrected chi connectivity index (χ3v) is 2.50. The smallest absolute Gasteiger partial charge is 0.203 e. The maximum Gasteiger partial charge on any atom is 0.203 e. The summed E-state index contributed by atoms with van der Waals surface area (Å²) in [6.07, 6.45) is 4.53. The molecule has 1 aliphatic rings. The third-order valence-electron chi connectivity index (χ3n) is 2.50. The second kappa shape index (κ2) is 3.98. The molecule has 2 heterocycles. The van der Waals surface area contributed by atoms with Crippen LogP contribution in [-0.2, 0) is 16.0 Å². The molecule has 0 fully saturated rings. The molecule has 0 saturated heterocycles. The van der Waals surface area contributed by atoms with Gasteiger partial charge in [-0.1, -0.05) is 0 Å². The second-order valence-corrected chi connectivity index (χ2v) is 3.32. The topological polar surface area (TPSA) is 48.3 Å². The SMILES string of the molecule is COC(OC)C1CCn2ccnc2N1. The van der Waals surface area contributed by atoms with Crippen LogP contribution >= 0.6 is 0 Å². The fourth-order valence-electron chi connectivity index (χ4n) is 1.77. The summed E-state index contributed by atoms with van der Waals surface area (Å²) in [4.78, 5) is 4.20. The van der Waals surface area contributed by atoms with Gasteiger partial charge in [0, 0.05) is 33.2 Å². The first-order valence-corrected chi connectivity index (χ1v) is 4.68. The maximum absolute atomic E-state index is 5.21. The Morgan fingerprint density at radius 1 is 1.57 bits per heavy atom. The number of aryl methyl sites for hydroxylation is 1. The van der Waals surface area contributed by atoms with E-state index >= 15 is 0 Å². The molecule has 5 nitrogen and oxygen atoms in total. The number of anilines is 1. The van der Waals surface area contributed by atoms with Crippen LogP contribution in [0.4, 0.5) is 5.95 Å². The van der Waals surface area contributed by atoms with E-state index in [1.54, 1.807) is 20.4 Å². The van der Waals surface area contributed by atoms with Crippen molar-refractivity contribution in [2.75, 3.05) is 19.5 Å². The van der Waals surface area contributed by atoms with Crippen LogP contribution in [0, 0.1) is 0 Å². The van der Waals surface area contributed by atoms with Gasteiger partial charge in [0.15, 0.2) is 6.29 Å². The maximum atomic E-state index is 5.21. The summed E-state index contributed by atoms with van der Waals surface area (Å²) in [6, 6.07) is 0.180. The van der Waals surface area contributed by atoms with Crippen molar-refractivity contribution in [3.63, 3.8) is 0 Å². The van der Waals surface area contributed by atoms with Gasteiger partial charge in [-0.25, -0.2) is 4.98 Å². The van der Waals surface area contributed by atoms with Crippen LogP contribution in [0.1, 0.15) is 6.42 Å². The zero-order valence-corrected chi connectivity index (χ0v) is 8.43. The molecule has 0 saturated carbocycles. The fourth-order valence-corrected chi connectivity index (χ4v) is 1.77. The number of methoxy groups -OCH3 is 2. The number of hydrogen-bond donors (Lipinski definition) is 1. The van der Waals surface area contributed by atoms with Crippen molar-refractivity contribution in [1.29, 1.82) is 0 Å². The van der Waals surface area contributed by atoms with Crippen LogP contribution in [0.25, 0.3) is 0 Å². The van der Waals surface area contributed by atoms with Crippen LogP contribution < -0.4 is 5.32 Å². The number of rotatable bonds is 3. The van der Waals surface area contributed by atoms with Crippen molar-refractivity contribution in [1.82, 2.24) is 9.55 Å². The molecule has 1 atom stereocenters. The van der Waals surface area contributed by atoms with E-state index in [2.05, 4.69) is 14.9 Å². The molecule has 0 amide bonds. The number of hydrogen-bond acceptors (Lipinski definition) is 4. The lowest BCUT2D eigenvalue weighted by atomic mass is 10.1.